The molecule has 0 fully saturated rings. The number of fused-ring (bicyclic) bond motifs is 1. The molecule has 4 nitrogen and oxygen atoms in total. The molecule has 2 heterocycles. The number of hydrogen-bond acceptors (Lipinski definition) is 4. The maximum absolute atomic E-state index is 14.7. The van der Waals surface area contributed by atoms with Gasteiger partial charge in [-0.1, -0.05) is 0 Å². The third-order valence-electron chi connectivity index (χ3n) is 4.11. The first-order valence-corrected chi connectivity index (χ1v) is 8.11. The van der Waals surface area contributed by atoms with Crippen molar-refractivity contribution in [2.75, 3.05) is 12.4 Å². The second-order valence-electron chi connectivity index (χ2n) is 5.89. The van der Waals surface area contributed by atoms with Crippen LogP contribution in [0, 0.1) is 17.5 Å². The van der Waals surface area contributed by atoms with Crippen molar-refractivity contribution in [3.8, 4) is 22.5 Å². The van der Waals surface area contributed by atoms with Crippen molar-refractivity contribution in [1.82, 2.24) is 15.0 Å². The van der Waals surface area contributed by atoms with Gasteiger partial charge in [-0.2, -0.15) is 0 Å². The predicted molar refractivity (Wildman–Crippen MR) is 97.6 cm³/mol. The van der Waals surface area contributed by atoms with E-state index in [4.69, 9.17) is 0 Å². The van der Waals surface area contributed by atoms with Crippen LogP contribution in [-0.2, 0) is 0 Å². The van der Waals surface area contributed by atoms with Gasteiger partial charge in [-0.3, -0.25) is 4.98 Å². The molecule has 7 heteroatoms. The molecular formula is C20H13F3N4. The SMILES string of the molecule is CNc1nc(-c2cccnc2)nc2cc(F)c(-c3cc(F)cc(F)c3)cc12. The van der Waals surface area contributed by atoms with Crippen LogP contribution in [0.1, 0.15) is 0 Å². The minimum atomic E-state index is -0.776. The van der Waals surface area contributed by atoms with Crippen LogP contribution in [0.15, 0.2) is 54.9 Å². The van der Waals surface area contributed by atoms with E-state index < -0.39 is 17.5 Å². The Morgan fingerprint density at radius 1 is 0.889 bits per heavy atom. The predicted octanol–water partition coefficient (Wildman–Crippen LogP) is 4.82. The molecule has 0 aliphatic heterocycles. The Morgan fingerprint density at radius 3 is 2.33 bits per heavy atom. The number of halogens is 3. The number of anilines is 1. The fourth-order valence-electron chi connectivity index (χ4n) is 2.90. The zero-order chi connectivity index (χ0) is 19.0. The molecule has 0 aliphatic rings. The molecule has 1 N–H and O–H groups in total. The summed E-state index contributed by atoms with van der Waals surface area (Å²) < 4.78 is 41.8. The van der Waals surface area contributed by atoms with Gasteiger partial charge >= 0.3 is 0 Å². The third kappa shape index (κ3) is 3.19. The van der Waals surface area contributed by atoms with Crippen molar-refractivity contribution in [1.29, 1.82) is 0 Å². The van der Waals surface area contributed by atoms with Crippen molar-refractivity contribution < 1.29 is 13.2 Å². The quantitative estimate of drug-likeness (QED) is 0.565. The molecular weight excluding hydrogens is 353 g/mol. The number of hydrogen-bond donors (Lipinski definition) is 1. The Hall–Kier alpha value is -3.48. The summed E-state index contributed by atoms with van der Waals surface area (Å²) in [6, 6.07) is 9.17. The second kappa shape index (κ2) is 6.68. The van der Waals surface area contributed by atoms with E-state index in [1.54, 1.807) is 31.6 Å². The van der Waals surface area contributed by atoms with Crippen LogP contribution in [0.25, 0.3) is 33.4 Å². The maximum Gasteiger partial charge on any atom is 0.163 e. The van der Waals surface area contributed by atoms with Gasteiger partial charge in [0.15, 0.2) is 5.82 Å². The Balaban J connectivity index is 1.94. The fraction of sp³-hybridized carbons (Fsp3) is 0.0500. The number of pyridine rings is 1. The molecule has 0 atom stereocenters. The molecule has 27 heavy (non-hydrogen) atoms. The summed E-state index contributed by atoms with van der Waals surface area (Å²) >= 11 is 0. The molecule has 0 saturated carbocycles. The summed E-state index contributed by atoms with van der Waals surface area (Å²) in [5.74, 6) is -1.32. The minimum Gasteiger partial charge on any atom is -0.373 e. The molecule has 134 valence electrons. The van der Waals surface area contributed by atoms with E-state index in [1.807, 2.05) is 0 Å². The van der Waals surface area contributed by atoms with Gasteiger partial charge in [0.25, 0.3) is 0 Å². The van der Waals surface area contributed by atoms with Crippen LogP contribution in [0.4, 0.5) is 19.0 Å². The molecule has 0 amide bonds. The smallest absolute Gasteiger partial charge is 0.163 e. The van der Waals surface area contributed by atoms with Crippen LogP contribution < -0.4 is 5.32 Å². The van der Waals surface area contributed by atoms with E-state index >= 15 is 0 Å². The van der Waals surface area contributed by atoms with E-state index in [9.17, 15) is 13.2 Å². The van der Waals surface area contributed by atoms with Crippen LogP contribution in [0.2, 0.25) is 0 Å². The zero-order valence-corrected chi connectivity index (χ0v) is 14.2. The highest BCUT2D eigenvalue weighted by Gasteiger charge is 2.15. The summed E-state index contributed by atoms with van der Waals surface area (Å²) in [6.07, 6.45) is 3.24. The Bertz CT molecular complexity index is 1130. The highest BCUT2D eigenvalue weighted by atomic mass is 19.1. The fourth-order valence-corrected chi connectivity index (χ4v) is 2.90. The molecule has 4 aromatic rings. The first kappa shape index (κ1) is 17.0. The van der Waals surface area contributed by atoms with Crippen molar-refractivity contribution in [2.24, 2.45) is 0 Å². The van der Waals surface area contributed by atoms with Crippen LogP contribution in [0.5, 0.6) is 0 Å². The average molecular weight is 366 g/mol. The van der Waals surface area contributed by atoms with Crippen LogP contribution >= 0.6 is 0 Å². The number of rotatable bonds is 3. The van der Waals surface area contributed by atoms with Gasteiger partial charge in [0.1, 0.15) is 23.3 Å². The van der Waals surface area contributed by atoms with Crippen molar-refractivity contribution in [2.45, 2.75) is 0 Å². The van der Waals surface area contributed by atoms with E-state index in [-0.39, 0.29) is 11.1 Å². The molecule has 0 bridgehead atoms. The highest BCUT2D eigenvalue weighted by molar-refractivity contribution is 5.94. The molecule has 0 unspecified atom stereocenters. The summed E-state index contributed by atoms with van der Waals surface area (Å²) in [4.78, 5) is 12.9. The maximum atomic E-state index is 14.7. The van der Waals surface area contributed by atoms with E-state index in [0.29, 0.717) is 28.1 Å². The van der Waals surface area contributed by atoms with Crippen LogP contribution in [0.3, 0.4) is 0 Å². The third-order valence-corrected chi connectivity index (χ3v) is 4.11. The van der Waals surface area contributed by atoms with Gasteiger partial charge in [-0.15, -0.1) is 0 Å². The van der Waals surface area contributed by atoms with Gasteiger partial charge in [0, 0.05) is 48.1 Å². The van der Waals surface area contributed by atoms with Crippen molar-refractivity contribution >= 4 is 16.7 Å². The number of nitrogens with zero attached hydrogens (tertiary/aromatic N) is 3. The molecule has 4 rings (SSSR count). The lowest BCUT2D eigenvalue weighted by molar-refractivity contribution is 0.583. The van der Waals surface area contributed by atoms with Gasteiger partial charge in [-0.25, -0.2) is 23.1 Å². The largest absolute Gasteiger partial charge is 0.373 e. The monoisotopic (exact) mass is 366 g/mol. The number of nitrogens with one attached hydrogen (secondary N) is 1. The lowest BCUT2D eigenvalue weighted by Gasteiger charge is -2.11. The first-order chi connectivity index (χ1) is 13.0. The Morgan fingerprint density at radius 2 is 1.67 bits per heavy atom. The number of aromatic nitrogens is 3. The standard InChI is InChI=1S/C20H13F3N4/c1-24-20-16-8-15(12-5-13(21)7-14(22)6-12)17(23)9-18(16)26-19(27-20)11-3-2-4-25-10-11/h2-10H,1H3,(H,24,26,27). The topological polar surface area (TPSA) is 50.7 Å². The lowest BCUT2D eigenvalue weighted by atomic mass is 10.0. The van der Waals surface area contributed by atoms with Gasteiger partial charge in [-0.05, 0) is 35.9 Å². The van der Waals surface area contributed by atoms with Crippen LogP contribution in [-0.4, -0.2) is 22.0 Å². The Labute approximate surface area is 152 Å². The Kier molecular flexibility index (Phi) is 4.19. The van der Waals surface area contributed by atoms with Crippen molar-refractivity contribution in [3.63, 3.8) is 0 Å². The molecule has 0 aliphatic carbocycles. The summed E-state index contributed by atoms with van der Waals surface area (Å²) in [7, 11) is 1.68. The van der Waals surface area contributed by atoms with Gasteiger partial charge < -0.3 is 5.32 Å². The van der Waals surface area contributed by atoms with E-state index in [0.717, 1.165) is 18.2 Å². The normalized spacial score (nSPS) is 11.0. The molecule has 0 saturated heterocycles. The molecule has 2 aromatic carbocycles. The first-order valence-electron chi connectivity index (χ1n) is 8.11. The number of benzene rings is 2. The molecule has 2 aromatic heterocycles. The average Bonchev–Trinajstić information content (AvgIpc) is 2.66. The minimum absolute atomic E-state index is 0.0649. The van der Waals surface area contributed by atoms with Crippen molar-refractivity contribution in [3.05, 3.63) is 72.3 Å². The molecule has 0 spiro atoms. The van der Waals surface area contributed by atoms with Gasteiger partial charge in [0.2, 0.25) is 0 Å². The zero-order valence-electron chi connectivity index (χ0n) is 14.2. The van der Waals surface area contributed by atoms with Gasteiger partial charge in [0.05, 0.1) is 5.52 Å². The van der Waals surface area contributed by atoms with E-state index in [1.165, 1.54) is 12.1 Å². The highest BCUT2D eigenvalue weighted by Crippen LogP contribution is 2.32. The summed E-state index contributed by atoms with van der Waals surface area (Å²) in [5, 5.41) is 3.49. The summed E-state index contributed by atoms with van der Waals surface area (Å²) in [6.45, 7) is 0. The lowest BCUT2D eigenvalue weighted by Crippen LogP contribution is -2.00. The second-order valence-corrected chi connectivity index (χ2v) is 5.89. The summed E-state index contributed by atoms with van der Waals surface area (Å²) in [5.41, 5.74) is 1.22. The molecule has 0 radical (unpaired) electrons. The van der Waals surface area contributed by atoms with E-state index in [2.05, 4.69) is 20.3 Å².